The predicted octanol–water partition coefficient (Wildman–Crippen LogP) is 4.31. The molecule has 6 nitrogen and oxygen atoms in total. The highest BCUT2D eigenvalue weighted by Gasteiger charge is 2.36. The smallest absolute Gasteiger partial charge is 0.319 e. The number of benzene rings is 2. The van der Waals surface area contributed by atoms with Crippen LogP contribution < -0.4 is 15.4 Å². The molecule has 0 bridgehead atoms. The fourth-order valence-electron chi connectivity index (χ4n) is 4.13. The maximum absolute atomic E-state index is 12.6. The van der Waals surface area contributed by atoms with Crippen LogP contribution in [0, 0.1) is 0 Å². The van der Waals surface area contributed by atoms with Gasteiger partial charge in [-0.2, -0.15) is 0 Å². The fraction of sp³-hybridized carbons (Fsp3) is 0.417. The number of amides is 3. The zero-order valence-corrected chi connectivity index (χ0v) is 18.0. The average molecular weight is 410 g/mol. The molecule has 0 aromatic heterocycles. The molecule has 1 fully saturated rings. The summed E-state index contributed by atoms with van der Waals surface area (Å²) in [6.07, 6.45) is 4.42. The first kappa shape index (κ1) is 21.7. The SMILES string of the molecule is COc1cccc(C2(CNC(=O)Nc3cccc(CN(C)C(C)=O)c3)CCCC2)c1. The molecular formula is C24H31N3O3. The van der Waals surface area contributed by atoms with Crippen LogP contribution in [-0.4, -0.2) is 37.5 Å². The number of methoxy groups -OCH3 is 1. The van der Waals surface area contributed by atoms with E-state index in [1.807, 2.05) is 36.4 Å². The first-order chi connectivity index (χ1) is 14.4. The molecule has 2 N–H and O–H groups in total. The molecule has 0 aliphatic heterocycles. The third-order valence-electron chi connectivity index (χ3n) is 5.97. The molecule has 0 radical (unpaired) electrons. The summed E-state index contributed by atoms with van der Waals surface area (Å²) in [6, 6.07) is 15.5. The van der Waals surface area contributed by atoms with Gasteiger partial charge >= 0.3 is 6.03 Å². The average Bonchev–Trinajstić information content (AvgIpc) is 3.23. The van der Waals surface area contributed by atoms with Crippen LogP contribution in [0.5, 0.6) is 5.75 Å². The molecule has 3 amide bonds. The van der Waals surface area contributed by atoms with Gasteiger partial charge in [0.25, 0.3) is 0 Å². The molecule has 1 saturated carbocycles. The molecule has 0 saturated heterocycles. The van der Waals surface area contributed by atoms with Gasteiger partial charge < -0.3 is 20.3 Å². The molecule has 1 aliphatic rings. The lowest BCUT2D eigenvalue weighted by Gasteiger charge is -2.30. The molecule has 30 heavy (non-hydrogen) atoms. The van der Waals surface area contributed by atoms with Crippen LogP contribution >= 0.6 is 0 Å². The lowest BCUT2D eigenvalue weighted by Crippen LogP contribution is -2.40. The molecule has 0 heterocycles. The van der Waals surface area contributed by atoms with Gasteiger partial charge in [-0.3, -0.25) is 4.79 Å². The molecule has 0 unspecified atom stereocenters. The van der Waals surface area contributed by atoms with Crippen molar-refractivity contribution < 1.29 is 14.3 Å². The Balaban J connectivity index is 1.63. The summed E-state index contributed by atoms with van der Waals surface area (Å²) >= 11 is 0. The van der Waals surface area contributed by atoms with Crippen LogP contribution in [0.25, 0.3) is 0 Å². The van der Waals surface area contributed by atoms with Gasteiger partial charge in [-0.15, -0.1) is 0 Å². The van der Waals surface area contributed by atoms with E-state index in [1.54, 1.807) is 19.1 Å². The van der Waals surface area contributed by atoms with Crippen molar-refractivity contribution in [3.8, 4) is 5.75 Å². The molecular weight excluding hydrogens is 378 g/mol. The van der Waals surface area contributed by atoms with E-state index >= 15 is 0 Å². The Morgan fingerprint density at radius 3 is 2.53 bits per heavy atom. The van der Waals surface area contributed by atoms with Crippen molar-refractivity contribution in [3.05, 3.63) is 59.7 Å². The van der Waals surface area contributed by atoms with Gasteiger partial charge in [0.15, 0.2) is 0 Å². The second kappa shape index (κ2) is 9.65. The minimum absolute atomic E-state index is 0.00510. The first-order valence-corrected chi connectivity index (χ1v) is 10.4. The van der Waals surface area contributed by atoms with E-state index in [4.69, 9.17) is 4.74 Å². The fourth-order valence-corrected chi connectivity index (χ4v) is 4.13. The molecule has 2 aromatic carbocycles. The molecule has 160 valence electrons. The number of rotatable bonds is 7. The topological polar surface area (TPSA) is 70.7 Å². The summed E-state index contributed by atoms with van der Waals surface area (Å²) in [5, 5.41) is 5.99. The van der Waals surface area contributed by atoms with Gasteiger partial charge in [0.2, 0.25) is 5.91 Å². The van der Waals surface area contributed by atoms with Crippen LogP contribution in [-0.2, 0) is 16.8 Å². The standard InChI is InChI=1S/C24H31N3O3/c1-18(28)27(2)16-19-8-6-10-21(14-19)26-23(29)25-17-24(12-4-5-13-24)20-9-7-11-22(15-20)30-3/h6-11,14-15H,4-5,12-13,16-17H2,1-3H3,(H2,25,26,29). The third-order valence-corrected chi connectivity index (χ3v) is 5.97. The number of carbonyl (C=O) groups is 2. The van der Waals surface area contributed by atoms with Gasteiger partial charge in [-0.25, -0.2) is 4.79 Å². The lowest BCUT2D eigenvalue weighted by molar-refractivity contribution is -0.128. The Morgan fingerprint density at radius 1 is 1.10 bits per heavy atom. The van der Waals surface area contributed by atoms with E-state index in [2.05, 4.69) is 22.8 Å². The van der Waals surface area contributed by atoms with Crippen LogP contribution in [0.3, 0.4) is 0 Å². The number of nitrogens with one attached hydrogen (secondary N) is 2. The Hall–Kier alpha value is -3.02. The molecule has 0 atom stereocenters. The number of hydrogen-bond donors (Lipinski definition) is 2. The van der Waals surface area contributed by atoms with E-state index in [9.17, 15) is 9.59 Å². The Kier molecular flexibility index (Phi) is 6.98. The van der Waals surface area contributed by atoms with Crippen molar-refractivity contribution in [2.75, 3.05) is 26.0 Å². The van der Waals surface area contributed by atoms with Gasteiger partial charge in [0, 0.05) is 38.2 Å². The van der Waals surface area contributed by atoms with E-state index in [-0.39, 0.29) is 17.4 Å². The van der Waals surface area contributed by atoms with Crippen LogP contribution in [0.4, 0.5) is 10.5 Å². The highest BCUT2D eigenvalue weighted by Crippen LogP contribution is 2.41. The van der Waals surface area contributed by atoms with Gasteiger partial charge in [-0.1, -0.05) is 37.1 Å². The number of nitrogens with zero attached hydrogens (tertiary/aromatic N) is 1. The highest BCUT2D eigenvalue weighted by molar-refractivity contribution is 5.89. The molecule has 2 aromatic rings. The summed E-state index contributed by atoms with van der Waals surface area (Å²) in [6.45, 7) is 2.63. The maximum atomic E-state index is 12.6. The Labute approximate surface area is 178 Å². The second-order valence-corrected chi connectivity index (χ2v) is 8.10. The number of anilines is 1. The summed E-state index contributed by atoms with van der Waals surface area (Å²) in [7, 11) is 3.43. The number of urea groups is 1. The molecule has 3 rings (SSSR count). The predicted molar refractivity (Wildman–Crippen MR) is 119 cm³/mol. The second-order valence-electron chi connectivity index (χ2n) is 8.10. The highest BCUT2D eigenvalue weighted by atomic mass is 16.5. The molecule has 6 heteroatoms. The van der Waals surface area contributed by atoms with Crippen molar-refractivity contribution >= 4 is 17.6 Å². The third kappa shape index (κ3) is 5.32. The minimum Gasteiger partial charge on any atom is -0.497 e. The van der Waals surface area contributed by atoms with Crippen molar-refractivity contribution in [1.29, 1.82) is 0 Å². The number of ether oxygens (including phenoxy) is 1. The summed E-state index contributed by atoms with van der Waals surface area (Å²) in [5.74, 6) is 0.848. The van der Waals surface area contributed by atoms with Gasteiger partial charge in [0.1, 0.15) is 5.75 Å². The maximum Gasteiger partial charge on any atom is 0.319 e. The van der Waals surface area contributed by atoms with Crippen molar-refractivity contribution in [1.82, 2.24) is 10.2 Å². The van der Waals surface area contributed by atoms with E-state index < -0.39 is 0 Å². The Morgan fingerprint density at radius 2 is 1.83 bits per heavy atom. The number of hydrogen-bond acceptors (Lipinski definition) is 3. The largest absolute Gasteiger partial charge is 0.497 e. The Bertz CT molecular complexity index is 891. The number of carbonyl (C=O) groups excluding carboxylic acids is 2. The van der Waals surface area contributed by atoms with Gasteiger partial charge in [-0.05, 0) is 48.2 Å². The van der Waals surface area contributed by atoms with Crippen molar-refractivity contribution in [2.45, 2.75) is 44.6 Å². The van der Waals surface area contributed by atoms with Crippen LogP contribution in [0.15, 0.2) is 48.5 Å². The van der Waals surface area contributed by atoms with Crippen molar-refractivity contribution in [3.63, 3.8) is 0 Å². The quantitative estimate of drug-likeness (QED) is 0.716. The summed E-state index contributed by atoms with van der Waals surface area (Å²) in [4.78, 5) is 25.7. The zero-order chi connectivity index (χ0) is 21.6. The van der Waals surface area contributed by atoms with E-state index in [1.165, 1.54) is 12.5 Å². The van der Waals surface area contributed by atoms with Crippen molar-refractivity contribution in [2.24, 2.45) is 0 Å². The van der Waals surface area contributed by atoms with Crippen LogP contribution in [0.1, 0.15) is 43.7 Å². The van der Waals surface area contributed by atoms with Crippen LogP contribution in [0.2, 0.25) is 0 Å². The molecule has 0 spiro atoms. The van der Waals surface area contributed by atoms with Gasteiger partial charge in [0.05, 0.1) is 7.11 Å². The zero-order valence-electron chi connectivity index (χ0n) is 18.0. The summed E-state index contributed by atoms with van der Waals surface area (Å²) in [5.41, 5.74) is 2.84. The van der Waals surface area contributed by atoms with E-state index in [0.717, 1.165) is 37.0 Å². The minimum atomic E-state index is -0.221. The monoisotopic (exact) mass is 409 g/mol. The molecule has 1 aliphatic carbocycles. The van der Waals surface area contributed by atoms with E-state index in [0.29, 0.717) is 18.8 Å². The normalized spacial score (nSPS) is 14.8. The lowest BCUT2D eigenvalue weighted by atomic mass is 9.78. The summed E-state index contributed by atoms with van der Waals surface area (Å²) < 4.78 is 5.39. The first-order valence-electron chi connectivity index (χ1n) is 10.4.